The predicted molar refractivity (Wildman–Crippen MR) is 267 cm³/mol. The summed E-state index contributed by atoms with van der Waals surface area (Å²) < 4.78 is 28.8. The van der Waals surface area contributed by atoms with Crippen LogP contribution in [0, 0.1) is 11.6 Å². The minimum Gasteiger partial charge on any atom is -0.310 e. The lowest BCUT2D eigenvalue weighted by molar-refractivity contribution is 0.627. The molecule has 1 heterocycles. The maximum Gasteiger partial charge on any atom is 0.159 e. The molecule has 0 atom stereocenters. The number of fused-ring (bicyclic) bond motifs is 9. The fourth-order valence-electron chi connectivity index (χ4n) is 10.7. The van der Waals surface area contributed by atoms with Crippen LogP contribution in [0.2, 0.25) is 0 Å². The molecular weight excluding hydrogens is 815 g/mol. The molecule has 0 spiro atoms. The van der Waals surface area contributed by atoms with Gasteiger partial charge >= 0.3 is 0 Å². The van der Waals surface area contributed by atoms with Gasteiger partial charge in [-0.3, -0.25) is 0 Å². The minimum atomic E-state index is -0.391. The third kappa shape index (κ3) is 6.16. The molecule has 12 rings (SSSR count). The van der Waals surface area contributed by atoms with Crippen LogP contribution in [0.3, 0.4) is 0 Å². The highest BCUT2D eigenvalue weighted by Gasteiger charge is 2.39. The average molecular weight is 859 g/mol. The van der Waals surface area contributed by atoms with E-state index in [9.17, 15) is 8.78 Å². The van der Waals surface area contributed by atoms with E-state index in [1.807, 2.05) is 24.5 Å². The summed E-state index contributed by atoms with van der Waals surface area (Å²) in [6.07, 6.45) is 3.73. The van der Waals surface area contributed by atoms with Crippen LogP contribution in [-0.2, 0) is 10.8 Å². The van der Waals surface area contributed by atoms with Crippen LogP contribution in [0.5, 0.6) is 0 Å². The highest BCUT2D eigenvalue weighted by atomic mass is 19.1. The van der Waals surface area contributed by atoms with Crippen LogP contribution >= 0.6 is 0 Å². The molecule has 0 fully saturated rings. The Labute approximate surface area is 383 Å². The van der Waals surface area contributed by atoms with Gasteiger partial charge in [0, 0.05) is 44.5 Å². The van der Waals surface area contributed by atoms with Crippen molar-refractivity contribution in [2.45, 2.75) is 38.5 Å². The standard InChI is InChI=1S/C60H44F2N4/c1-59(2)52-16-10-9-13-47(52)48-30-28-45(33-54(48)59)65(42-24-19-40(61)20-25-42)46-35-63-58(64-36-46)39-18-29-51-53(32-39)60(3,4)55-34-56(49-14-7-8-15-50(49)57(51)55)66(43-26-21-41(62)22-27-43)44-23-17-37-11-5-6-12-38(37)31-44/h5-36H,1-4H3. The van der Waals surface area contributed by atoms with E-state index in [0.29, 0.717) is 5.82 Å². The molecule has 6 heteroatoms. The van der Waals surface area contributed by atoms with Gasteiger partial charge in [-0.2, -0.15) is 0 Å². The molecule has 66 heavy (non-hydrogen) atoms. The molecule has 2 aliphatic rings. The average Bonchev–Trinajstić information content (AvgIpc) is 3.71. The van der Waals surface area contributed by atoms with Crippen molar-refractivity contribution >= 4 is 55.7 Å². The Bertz CT molecular complexity index is 3560. The Morgan fingerprint density at radius 1 is 0.394 bits per heavy atom. The zero-order chi connectivity index (χ0) is 44.9. The molecule has 10 aromatic rings. The van der Waals surface area contributed by atoms with Crippen molar-refractivity contribution in [1.29, 1.82) is 0 Å². The van der Waals surface area contributed by atoms with Gasteiger partial charge in [-0.1, -0.05) is 125 Å². The van der Waals surface area contributed by atoms with Gasteiger partial charge in [0.05, 0.1) is 23.8 Å². The van der Waals surface area contributed by atoms with Gasteiger partial charge in [-0.05, 0) is 146 Å². The van der Waals surface area contributed by atoms with Gasteiger partial charge in [0.1, 0.15) is 11.6 Å². The molecule has 0 unspecified atom stereocenters. The molecular formula is C60H44F2N4. The third-order valence-electron chi connectivity index (χ3n) is 14.0. The van der Waals surface area contributed by atoms with E-state index in [4.69, 9.17) is 9.97 Å². The van der Waals surface area contributed by atoms with Crippen LogP contribution in [-0.4, -0.2) is 9.97 Å². The van der Waals surface area contributed by atoms with Crippen molar-refractivity contribution in [1.82, 2.24) is 9.97 Å². The lowest BCUT2D eigenvalue weighted by Crippen LogP contribution is -2.17. The normalized spacial score (nSPS) is 13.8. The maximum atomic E-state index is 14.5. The lowest BCUT2D eigenvalue weighted by atomic mass is 9.81. The molecule has 1 aromatic heterocycles. The van der Waals surface area contributed by atoms with E-state index in [-0.39, 0.29) is 17.0 Å². The second kappa shape index (κ2) is 14.8. The monoisotopic (exact) mass is 858 g/mol. The first-order chi connectivity index (χ1) is 32.0. The second-order valence-electron chi connectivity index (χ2n) is 18.6. The van der Waals surface area contributed by atoms with Gasteiger partial charge < -0.3 is 9.80 Å². The van der Waals surface area contributed by atoms with E-state index in [0.717, 1.165) is 61.2 Å². The number of hydrogen-bond acceptors (Lipinski definition) is 4. The maximum absolute atomic E-state index is 14.5. The molecule has 0 aliphatic heterocycles. The second-order valence-corrected chi connectivity index (χ2v) is 18.6. The Morgan fingerprint density at radius 2 is 0.939 bits per heavy atom. The first kappa shape index (κ1) is 39.6. The number of hydrogen-bond donors (Lipinski definition) is 0. The Morgan fingerprint density at radius 3 is 1.68 bits per heavy atom. The largest absolute Gasteiger partial charge is 0.310 e. The summed E-state index contributed by atoms with van der Waals surface area (Å²) in [7, 11) is 0. The summed E-state index contributed by atoms with van der Waals surface area (Å²) in [5.41, 5.74) is 15.6. The van der Waals surface area contributed by atoms with Gasteiger partial charge in [-0.15, -0.1) is 0 Å². The number of halogens is 2. The van der Waals surface area contributed by atoms with E-state index in [2.05, 4.69) is 171 Å². The van der Waals surface area contributed by atoms with E-state index < -0.39 is 5.41 Å². The third-order valence-corrected chi connectivity index (χ3v) is 14.0. The van der Waals surface area contributed by atoms with Gasteiger partial charge in [0.25, 0.3) is 0 Å². The molecule has 9 aromatic carbocycles. The molecule has 4 nitrogen and oxygen atoms in total. The van der Waals surface area contributed by atoms with E-state index in [1.165, 1.54) is 68.8 Å². The Balaban J connectivity index is 0.942. The number of aromatic nitrogens is 2. The molecule has 0 saturated heterocycles. The first-order valence-electron chi connectivity index (χ1n) is 22.4. The highest BCUT2D eigenvalue weighted by Crippen LogP contribution is 2.56. The summed E-state index contributed by atoms with van der Waals surface area (Å²) in [6, 6.07) is 61.0. The summed E-state index contributed by atoms with van der Waals surface area (Å²) in [5.74, 6) is 0.0428. The molecule has 2 aliphatic carbocycles. The van der Waals surface area contributed by atoms with Crippen LogP contribution in [0.25, 0.3) is 55.2 Å². The fraction of sp³-hybridized carbons (Fsp3) is 0.100. The minimum absolute atomic E-state index is 0.190. The number of rotatable bonds is 7. The van der Waals surface area contributed by atoms with Crippen molar-refractivity contribution in [3.05, 3.63) is 228 Å². The SMILES string of the molecule is CC1(C)c2ccccc2-c2ccc(N(c3ccc(F)cc3)c3cnc(-c4ccc5c(c4)C(C)(C)c4cc(N(c6ccc(F)cc6)c6ccc7ccccc7c6)c6ccccc6c4-5)nc3)cc21. The van der Waals surface area contributed by atoms with Crippen molar-refractivity contribution in [3.63, 3.8) is 0 Å². The van der Waals surface area contributed by atoms with Crippen LogP contribution in [0.1, 0.15) is 49.9 Å². The first-order valence-corrected chi connectivity index (χ1v) is 22.4. The van der Waals surface area contributed by atoms with Crippen molar-refractivity contribution < 1.29 is 8.78 Å². The summed E-state index contributed by atoms with van der Waals surface area (Å²) >= 11 is 0. The van der Waals surface area contributed by atoms with Gasteiger partial charge in [0.15, 0.2) is 5.82 Å². The van der Waals surface area contributed by atoms with Crippen molar-refractivity contribution in [2.24, 2.45) is 0 Å². The van der Waals surface area contributed by atoms with Crippen LogP contribution in [0.4, 0.5) is 42.9 Å². The fourth-order valence-corrected chi connectivity index (χ4v) is 10.7. The Hall–Kier alpha value is -7.96. The summed E-state index contributed by atoms with van der Waals surface area (Å²) in [4.78, 5) is 14.4. The lowest BCUT2D eigenvalue weighted by Gasteiger charge is -2.30. The number of nitrogens with zero attached hydrogens (tertiary/aromatic N) is 4. The molecule has 0 amide bonds. The van der Waals surface area contributed by atoms with E-state index >= 15 is 0 Å². The van der Waals surface area contributed by atoms with Crippen LogP contribution in [0.15, 0.2) is 194 Å². The molecule has 0 bridgehead atoms. The zero-order valence-corrected chi connectivity index (χ0v) is 37.0. The van der Waals surface area contributed by atoms with Gasteiger partial charge in [-0.25, -0.2) is 18.7 Å². The van der Waals surface area contributed by atoms with Crippen molar-refractivity contribution in [3.8, 4) is 33.6 Å². The quantitative estimate of drug-likeness (QED) is 0.160. The van der Waals surface area contributed by atoms with Gasteiger partial charge in [0.2, 0.25) is 0 Å². The Kier molecular flexibility index (Phi) is 8.88. The molecule has 0 saturated carbocycles. The van der Waals surface area contributed by atoms with Crippen LogP contribution < -0.4 is 9.80 Å². The number of anilines is 6. The highest BCUT2D eigenvalue weighted by molar-refractivity contribution is 6.10. The van der Waals surface area contributed by atoms with E-state index in [1.54, 1.807) is 12.1 Å². The zero-order valence-electron chi connectivity index (χ0n) is 37.0. The summed E-state index contributed by atoms with van der Waals surface area (Å²) in [6.45, 7) is 9.13. The van der Waals surface area contributed by atoms with Crippen molar-refractivity contribution in [2.75, 3.05) is 9.80 Å². The molecule has 0 N–H and O–H groups in total. The molecule has 318 valence electrons. The smallest absolute Gasteiger partial charge is 0.159 e. The predicted octanol–water partition coefficient (Wildman–Crippen LogP) is 16.3. The number of benzene rings is 9. The topological polar surface area (TPSA) is 32.3 Å². The molecule has 0 radical (unpaired) electrons. The summed E-state index contributed by atoms with van der Waals surface area (Å²) in [5, 5.41) is 4.54.